The molecule has 0 aromatic heterocycles. The molecule has 0 radical (unpaired) electrons. The zero-order chi connectivity index (χ0) is 15.1. The van der Waals surface area contributed by atoms with Gasteiger partial charge in [-0.25, -0.2) is 13.6 Å². The lowest BCUT2D eigenvalue weighted by molar-refractivity contribution is -0.145. The second kappa shape index (κ2) is 4.86. The highest BCUT2D eigenvalue weighted by Crippen LogP contribution is 2.64. The lowest BCUT2D eigenvalue weighted by Gasteiger charge is -2.04. The van der Waals surface area contributed by atoms with Crippen LogP contribution in [0.4, 0.5) is 0 Å². The molecule has 2 atom stereocenters. The van der Waals surface area contributed by atoms with Gasteiger partial charge in [-0.3, -0.25) is 4.79 Å². The summed E-state index contributed by atoms with van der Waals surface area (Å²) in [5, 5.41) is 5.07. The molecule has 1 fully saturated rings. The maximum absolute atomic E-state index is 11.9. The van der Waals surface area contributed by atoms with Crippen LogP contribution in [0.3, 0.4) is 0 Å². The second-order valence-corrected chi connectivity index (χ2v) is 7.20. The number of carbonyl (C=O) groups is 1. The summed E-state index contributed by atoms with van der Waals surface area (Å²) in [6.07, 6.45) is 0. The summed E-state index contributed by atoms with van der Waals surface area (Å²) in [6, 6.07) is 6.37. The first kappa shape index (κ1) is 15.0. The Bertz CT molecular complexity index is 619. The van der Waals surface area contributed by atoms with Crippen LogP contribution in [-0.4, -0.2) is 21.0 Å². The Hall–Kier alpha value is -1.40. The van der Waals surface area contributed by atoms with E-state index in [0.717, 1.165) is 5.56 Å². The van der Waals surface area contributed by atoms with Crippen molar-refractivity contribution in [3.05, 3.63) is 29.8 Å². The fourth-order valence-corrected chi connectivity index (χ4v) is 3.31. The van der Waals surface area contributed by atoms with Crippen LogP contribution in [0.2, 0.25) is 0 Å². The molecular formula is C14H19NO4S. The number of sulfonamides is 1. The van der Waals surface area contributed by atoms with Crippen molar-refractivity contribution < 1.29 is 17.9 Å². The number of benzene rings is 1. The zero-order valence-electron chi connectivity index (χ0n) is 11.8. The molecule has 20 heavy (non-hydrogen) atoms. The first-order chi connectivity index (χ1) is 9.19. The average molecular weight is 297 g/mol. The minimum Gasteiger partial charge on any atom is -0.466 e. The maximum atomic E-state index is 11.9. The van der Waals surface area contributed by atoms with Gasteiger partial charge in [-0.05, 0) is 30.0 Å². The van der Waals surface area contributed by atoms with Gasteiger partial charge in [0, 0.05) is 5.92 Å². The highest BCUT2D eigenvalue weighted by Gasteiger charge is 2.63. The van der Waals surface area contributed by atoms with Crippen LogP contribution in [0.1, 0.15) is 32.3 Å². The van der Waals surface area contributed by atoms with Crippen molar-refractivity contribution in [2.45, 2.75) is 31.6 Å². The number of hydrogen-bond acceptors (Lipinski definition) is 4. The van der Waals surface area contributed by atoms with Crippen molar-refractivity contribution >= 4 is 16.0 Å². The number of esters is 1. The Morgan fingerprint density at radius 3 is 2.30 bits per heavy atom. The second-order valence-electron chi connectivity index (χ2n) is 5.64. The van der Waals surface area contributed by atoms with Crippen LogP contribution in [0.25, 0.3) is 0 Å². The molecular weight excluding hydrogens is 278 g/mol. The maximum Gasteiger partial charge on any atom is 0.310 e. The fourth-order valence-electron chi connectivity index (χ4n) is 2.80. The molecule has 0 saturated heterocycles. The van der Waals surface area contributed by atoms with E-state index in [1.165, 1.54) is 12.1 Å². The Morgan fingerprint density at radius 1 is 1.30 bits per heavy atom. The quantitative estimate of drug-likeness (QED) is 0.856. The third-order valence-electron chi connectivity index (χ3n) is 3.94. The van der Waals surface area contributed by atoms with Gasteiger partial charge in [-0.15, -0.1) is 0 Å². The van der Waals surface area contributed by atoms with Crippen LogP contribution < -0.4 is 5.14 Å². The van der Waals surface area contributed by atoms with Crippen molar-refractivity contribution in [2.75, 3.05) is 6.61 Å². The molecule has 110 valence electrons. The Morgan fingerprint density at radius 2 is 1.85 bits per heavy atom. The number of primary sulfonamides is 1. The monoisotopic (exact) mass is 297 g/mol. The molecule has 5 nitrogen and oxygen atoms in total. The van der Waals surface area contributed by atoms with Crippen LogP contribution in [0.5, 0.6) is 0 Å². The van der Waals surface area contributed by atoms with E-state index in [1.54, 1.807) is 19.1 Å². The Labute approximate surface area is 119 Å². The number of hydrogen-bond donors (Lipinski definition) is 1. The summed E-state index contributed by atoms with van der Waals surface area (Å²) in [5.41, 5.74) is 0.760. The first-order valence-electron chi connectivity index (χ1n) is 6.49. The lowest BCUT2D eigenvalue weighted by atomic mass is 10.0. The minimum absolute atomic E-state index is 0.0519. The van der Waals surface area contributed by atoms with E-state index in [0.29, 0.717) is 6.61 Å². The molecule has 1 aliphatic carbocycles. The van der Waals surface area contributed by atoms with E-state index in [9.17, 15) is 13.2 Å². The molecule has 0 heterocycles. The van der Waals surface area contributed by atoms with Crippen molar-refractivity contribution in [3.63, 3.8) is 0 Å². The van der Waals surface area contributed by atoms with Crippen LogP contribution >= 0.6 is 0 Å². The molecule has 6 heteroatoms. The molecule has 1 saturated carbocycles. The van der Waals surface area contributed by atoms with Crippen molar-refractivity contribution in [1.82, 2.24) is 0 Å². The van der Waals surface area contributed by atoms with Crippen molar-refractivity contribution in [2.24, 2.45) is 16.5 Å². The highest BCUT2D eigenvalue weighted by molar-refractivity contribution is 7.89. The predicted octanol–water partition coefficient (Wildman–Crippen LogP) is 1.64. The number of carbonyl (C=O) groups excluding carboxylic acids is 1. The van der Waals surface area contributed by atoms with E-state index < -0.39 is 10.0 Å². The van der Waals surface area contributed by atoms with Crippen LogP contribution in [0.15, 0.2) is 29.2 Å². The molecule has 0 bridgehead atoms. The molecule has 0 spiro atoms. The number of ether oxygens (including phenoxy) is 1. The summed E-state index contributed by atoms with van der Waals surface area (Å²) in [5.74, 6) is -0.322. The predicted molar refractivity (Wildman–Crippen MR) is 74.5 cm³/mol. The van der Waals surface area contributed by atoms with E-state index in [4.69, 9.17) is 9.88 Å². The highest BCUT2D eigenvalue weighted by atomic mass is 32.2. The molecule has 1 aromatic rings. The van der Waals surface area contributed by atoms with Gasteiger partial charge in [-0.1, -0.05) is 26.0 Å². The van der Waals surface area contributed by atoms with Gasteiger partial charge in [0.2, 0.25) is 10.0 Å². The molecule has 2 rings (SSSR count). The SMILES string of the molecule is CCOC(=O)[C@@H]1C(c2ccc(S(N)(=O)=O)cc2)C1(C)C. The number of rotatable bonds is 4. The fraction of sp³-hybridized carbons (Fsp3) is 0.500. The topological polar surface area (TPSA) is 86.5 Å². The Balaban J connectivity index is 2.23. The Kier molecular flexibility index (Phi) is 3.64. The molecule has 1 aromatic carbocycles. The van der Waals surface area contributed by atoms with Gasteiger partial charge in [0.1, 0.15) is 0 Å². The summed E-state index contributed by atoms with van der Waals surface area (Å²) in [4.78, 5) is 12.0. The van der Waals surface area contributed by atoms with Gasteiger partial charge in [-0.2, -0.15) is 0 Å². The van der Waals surface area contributed by atoms with Gasteiger partial charge in [0.25, 0.3) is 0 Å². The smallest absolute Gasteiger partial charge is 0.310 e. The summed E-state index contributed by atoms with van der Waals surface area (Å²) < 4.78 is 27.5. The van der Waals surface area contributed by atoms with Crippen LogP contribution in [0, 0.1) is 11.3 Å². The summed E-state index contributed by atoms with van der Waals surface area (Å²) >= 11 is 0. The lowest BCUT2D eigenvalue weighted by Crippen LogP contribution is -2.12. The van der Waals surface area contributed by atoms with Crippen molar-refractivity contribution in [3.8, 4) is 0 Å². The first-order valence-corrected chi connectivity index (χ1v) is 8.03. The molecule has 1 aliphatic rings. The largest absolute Gasteiger partial charge is 0.466 e. The van der Waals surface area contributed by atoms with E-state index >= 15 is 0 Å². The number of nitrogens with two attached hydrogens (primary N) is 1. The van der Waals surface area contributed by atoms with Gasteiger partial charge >= 0.3 is 5.97 Å². The van der Waals surface area contributed by atoms with Gasteiger partial charge < -0.3 is 4.74 Å². The minimum atomic E-state index is -3.68. The normalized spacial score (nSPS) is 24.2. The summed E-state index contributed by atoms with van der Waals surface area (Å²) in [6.45, 7) is 6.16. The standard InChI is InChI=1S/C14H19NO4S/c1-4-19-13(16)12-11(14(12,2)3)9-5-7-10(8-6-9)20(15,17)18/h5-8,11-12H,4H2,1-3H3,(H2,15,17,18)/t11?,12-/m0/s1. The molecule has 0 amide bonds. The summed E-state index contributed by atoms with van der Waals surface area (Å²) in [7, 11) is -3.68. The third-order valence-corrected chi connectivity index (χ3v) is 4.86. The van der Waals surface area contributed by atoms with Crippen molar-refractivity contribution in [1.29, 1.82) is 0 Å². The van der Waals surface area contributed by atoms with Gasteiger partial charge in [0.05, 0.1) is 17.4 Å². The molecule has 2 N–H and O–H groups in total. The van der Waals surface area contributed by atoms with E-state index in [1.807, 2.05) is 13.8 Å². The average Bonchev–Trinajstić information content (AvgIpc) is 2.92. The van der Waals surface area contributed by atoms with Crippen LogP contribution in [-0.2, 0) is 19.6 Å². The molecule has 0 aliphatic heterocycles. The van der Waals surface area contributed by atoms with E-state index in [-0.39, 0.29) is 28.1 Å². The molecule has 1 unspecified atom stereocenters. The van der Waals surface area contributed by atoms with Gasteiger partial charge in [0.15, 0.2) is 0 Å². The van der Waals surface area contributed by atoms with E-state index in [2.05, 4.69) is 0 Å². The third kappa shape index (κ3) is 2.58. The zero-order valence-corrected chi connectivity index (χ0v) is 12.6.